The van der Waals surface area contributed by atoms with E-state index in [0.717, 1.165) is 60.6 Å². The first-order chi connectivity index (χ1) is 18.1. The number of halogens is 1. The minimum absolute atomic E-state index is 0.0670. The molecule has 7 nitrogen and oxygen atoms in total. The summed E-state index contributed by atoms with van der Waals surface area (Å²) in [4.78, 5) is 20.0. The topological polar surface area (TPSA) is 61.8 Å². The summed E-state index contributed by atoms with van der Waals surface area (Å²) >= 11 is 6.26. The highest BCUT2D eigenvalue weighted by Crippen LogP contribution is 2.33. The molecule has 0 radical (unpaired) electrons. The van der Waals surface area contributed by atoms with Crippen molar-refractivity contribution in [3.8, 4) is 5.75 Å². The van der Waals surface area contributed by atoms with E-state index < -0.39 is 0 Å². The third kappa shape index (κ3) is 4.44. The van der Waals surface area contributed by atoms with Gasteiger partial charge in [0.25, 0.3) is 5.91 Å². The van der Waals surface area contributed by atoms with Crippen molar-refractivity contribution >= 4 is 39.8 Å². The summed E-state index contributed by atoms with van der Waals surface area (Å²) in [6.45, 7) is 4.40. The van der Waals surface area contributed by atoms with Gasteiger partial charge >= 0.3 is 0 Å². The van der Waals surface area contributed by atoms with Gasteiger partial charge in [-0.2, -0.15) is 0 Å². The number of fused-ring (bicyclic) bond motifs is 2. The molecule has 0 spiro atoms. The van der Waals surface area contributed by atoms with Crippen LogP contribution < -0.4 is 14.5 Å². The van der Waals surface area contributed by atoms with Crippen molar-refractivity contribution in [2.45, 2.75) is 13.0 Å². The highest BCUT2D eigenvalue weighted by atomic mass is 35.5. The summed E-state index contributed by atoms with van der Waals surface area (Å²) < 4.78 is 5.56. The van der Waals surface area contributed by atoms with Crippen LogP contribution in [-0.4, -0.2) is 60.8 Å². The lowest BCUT2D eigenvalue weighted by Gasteiger charge is -2.37. The molecule has 1 fully saturated rings. The number of ether oxygens (including phenoxy) is 1. The maximum atomic E-state index is 13.6. The van der Waals surface area contributed by atoms with Crippen molar-refractivity contribution < 1.29 is 9.53 Å². The molecule has 0 unspecified atom stereocenters. The second-order valence-corrected chi connectivity index (χ2v) is 9.89. The Bertz CT molecular complexity index is 1470. The first-order valence-corrected chi connectivity index (χ1v) is 12.9. The maximum absolute atomic E-state index is 13.6. The Morgan fingerprint density at radius 2 is 1.54 bits per heavy atom. The van der Waals surface area contributed by atoms with Crippen LogP contribution in [0.15, 0.2) is 66.7 Å². The van der Waals surface area contributed by atoms with Crippen LogP contribution in [0.4, 0.5) is 11.5 Å². The van der Waals surface area contributed by atoms with E-state index in [2.05, 4.69) is 38.2 Å². The molecule has 6 rings (SSSR count). The molecule has 0 bridgehead atoms. The van der Waals surface area contributed by atoms with Crippen LogP contribution in [-0.2, 0) is 13.0 Å². The van der Waals surface area contributed by atoms with Gasteiger partial charge in [-0.05, 0) is 35.7 Å². The van der Waals surface area contributed by atoms with E-state index in [4.69, 9.17) is 16.3 Å². The summed E-state index contributed by atoms with van der Waals surface area (Å²) in [7, 11) is 1.68. The molecule has 2 aliphatic rings. The zero-order valence-electron chi connectivity index (χ0n) is 20.7. The van der Waals surface area contributed by atoms with E-state index in [1.807, 2.05) is 53.4 Å². The average Bonchev–Trinajstić information content (AvgIpc) is 2.96. The summed E-state index contributed by atoms with van der Waals surface area (Å²) in [6.07, 6.45) is 0.854. The van der Waals surface area contributed by atoms with Crippen molar-refractivity contribution in [3.63, 3.8) is 0 Å². The fourth-order valence-corrected chi connectivity index (χ4v) is 5.54. The zero-order valence-corrected chi connectivity index (χ0v) is 21.5. The second-order valence-electron chi connectivity index (χ2n) is 9.45. The van der Waals surface area contributed by atoms with Gasteiger partial charge in [-0.25, -0.2) is 0 Å². The van der Waals surface area contributed by atoms with Crippen molar-refractivity contribution in [2.24, 2.45) is 0 Å². The normalized spacial score (nSPS) is 15.6. The Balaban J connectivity index is 1.25. The molecule has 37 heavy (non-hydrogen) atoms. The Hall–Kier alpha value is -3.84. The van der Waals surface area contributed by atoms with Gasteiger partial charge in [-0.1, -0.05) is 60.1 Å². The fourth-order valence-electron chi connectivity index (χ4n) is 5.37. The fraction of sp³-hybridized carbons (Fsp3) is 0.276. The SMILES string of the molecule is COc1ccc(Cl)cc1N1CCN(c2nnc(C(=O)N3CCc4ccccc4C3)c3ccccc23)CC1. The first-order valence-electron chi connectivity index (χ1n) is 12.6. The van der Waals surface area contributed by atoms with Crippen LogP contribution in [0, 0.1) is 0 Å². The molecule has 3 aromatic carbocycles. The van der Waals surface area contributed by atoms with Gasteiger partial charge in [0.1, 0.15) is 5.75 Å². The number of amides is 1. The molecule has 1 amide bonds. The molecular formula is C29H28ClN5O2. The lowest BCUT2D eigenvalue weighted by molar-refractivity contribution is 0.0730. The number of anilines is 2. The molecule has 8 heteroatoms. The van der Waals surface area contributed by atoms with Gasteiger partial charge in [0.05, 0.1) is 12.8 Å². The number of piperazine rings is 1. The zero-order chi connectivity index (χ0) is 25.4. The standard InChI is InChI=1S/C29H28ClN5O2/c1-37-26-11-10-22(30)18-25(26)33-14-16-34(17-15-33)28-24-9-5-4-8-23(24)27(31-32-28)29(36)35-13-12-20-6-2-3-7-21(20)19-35/h2-11,18H,12-17,19H2,1H3. The number of carbonyl (C=O) groups is 1. The molecule has 0 aliphatic carbocycles. The number of hydrogen-bond acceptors (Lipinski definition) is 6. The van der Waals surface area contributed by atoms with E-state index >= 15 is 0 Å². The summed E-state index contributed by atoms with van der Waals surface area (Å²) in [5.41, 5.74) is 3.92. The van der Waals surface area contributed by atoms with E-state index in [-0.39, 0.29) is 5.91 Å². The number of benzene rings is 3. The van der Waals surface area contributed by atoms with Crippen molar-refractivity contribution in [1.29, 1.82) is 0 Å². The van der Waals surface area contributed by atoms with Crippen molar-refractivity contribution in [2.75, 3.05) is 49.6 Å². The molecule has 4 aromatic rings. The third-order valence-electron chi connectivity index (χ3n) is 7.35. The number of rotatable bonds is 4. The molecule has 0 saturated carbocycles. The minimum atomic E-state index is -0.0670. The van der Waals surface area contributed by atoms with Crippen LogP contribution in [0.2, 0.25) is 5.02 Å². The summed E-state index contributed by atoms with van der Waals surface area (Å²) in [6, 6.07) is 22.0. The Labute approximate surface area is 221 Å². The Morgan fingerprint density at radius 3 is 2.32 bits per heavy atom. The Morgan fingerprint density at radius 1 is 0.838 bits per heavy atom. The largest absolute Gasteiger partial charge is 0.495 e. The maximum Gasteiger partial charge on any atom is 0.275 e. The minimum Gasteiger partial charge on any atom is -0.495 e. The summed E-state index contributed by atoms with van der Waals surface area (Å²) in [5, 5.41) is 11.6. The first kappa shape index (κ1) is 23.6. The van der Waals surface area contributed by atoms with Crippen LogP contribution in [0.25, 0.3) is 10.8 Å². The van der Waals surface area contributed by atoms with Gasteiger partial charge in [-0.15, -0.1) is 10.2 Å². The molecule has 3 heterocycles. The predicted octanol–water partition coefficient (Wildman–Crippen LogP) is 4.82. The van der Waals surface area contributed by atoms with E-state index in [0.29, 0.717) is 23.8 Å². The van der Waals surface area contributed by atoms with Crippen molar-refractivity contribution in [1.82, 2.24) is 15.1 Å². The number of nitrogens with zero attached hydrogens (tertiary/aromatic N) is 5. The molecule has 0 atom stereocenters. The van der Waals surface area contributed by atoms with Gasteiger partial charge in [0.15, 0.2) is 11.5 Å². The highest BCUT2D eigenvalue weighted by Gasteiger charge is 2.27. The van der Waals surface area contributed by atoms with Crippen LogP contribution in [0.3, 0.4) is 0 Å². The molecule has 188 valence electrons. The van der Waals surface area contributed by atoms with Crippen LogP contribution in [0.1, 0.15) is 21.6 Å². The van der Waals surface area contributed by atoms with Crippen LogP contribution >= 0.6 is 11.6 Å². The molecule has 0 N–H and O–H groups in total. The number of carbonyl (C=O) groups excluding carboxylic acids is 1. The monoisotopic (exact) mass is 513 g/mol. The quantitative estimate of drug-likeness (QED) is 0.390. The third-order valence-corrected chi connectivity index (χ3v) is 7.58. The molecule has 1 saturated heterocycles. The van der Waals surface area contributed by atoms with Gasteiger partial charge < -0.3 is 19.4 Å². The number of hydrogen-bond donors (Lipinski definition) is 0. The molecule has 2 aliphatic heterocycles. The van der Waals surface area contributed by atoms with E-state index in [1.54, 1.807) is 7.11 Å². The van der Waals surface area contributed by atoms with Crippen LogP contribution in [0.5, 0.6) is 5.75 Å². The number of aromatic nitrogens is 2. The van der Waals surface area contributed by atoms with Crippen molar-refractivity contribution in [3.05, 3.63) is 88.6 Å². The highest BCUT2D eigenvalue weighted by molar-refractivity contribution is 6.31. The Kier molecular flexibility index (Phi) is 6.30. The molecular weight excluding hydrogens is 486 g/mol. The lowest BCUT2D eigenvalue weighted by atomic mass is 9.99. The predicted molar refractivity (Wildman–Crippen MR) is 147 cm³/mol. The van der Waals surface area contributed by atoms with Gasteiger partial charge in [-0.3, -0.25) is 4.79 Å². The summed E-state index contributed by atoms with van der Waals surface area (Å²) in [5.74, 6) is 1.56. The van der Waals surface area contributed by atoms with Gasteiger partial charge in [0, 0.05) is 55.1 Å². The van der Waals surface area contributed by atoms with Gasteiger partial charge in [0.2, 0.25) is 0 Å². The number of methoxy groups -OCH3 is 1. The van der Waals surface area contributed by atoms with E-state index in [9.17, 15) is 4.79 Å². The lowest BCUT2D eigenvalue weighted by Crippen LogP contribution is -2.47. The molecule has 1 aromatic heterocycles. The second kappa shape index (κ2) is 9.90. The smallest absolute Gasteiger partial charge is 0.275 e. The average molecular weight is 514 g/mol. The van der Waals surface area contributed by atoms with E-state index in [1.165, 1.54) is 11.1 Å².